The van der Waals surface area contributed by atoms with Crippen LogP contribution in [0.25, 0.3) is 0 Å². The average Bonchev–Trinajstić information content (AvgIpc) is 3.27. The number of nitrogens with one attached hydrogen (secondary N) is 3. The van der Waals surface area contributed by atoms with Crippen LogP contribution in [0.3, 0.4) is 0 Å². The molecule has 2 heterocycles. The lowest BCUT2D eigenvalue weighted by molar-refractivity contribution is -0.127. The minimum Gasteiger partial charge on any atom is -0.390 e. The maximum atomic E-state index is 14.7. The molecular formula is C29H35ClF3N3O3. The number of rotatable bonds is 7. The zero-order chi connectivity index (χ0) is 28.9. The van der Waals surface area contributed by atoms with Crippen LogP contribution in [-0.4, -0.2) is 47.3 Å². The minimum absolute atomic E-state index is 0.0447. The fourth-order valence-corrected chi connectivity index (χ4v) is 6.38. The molecule has 4 rings (SSSR count). The van der Waals surface area contributed by atoms with E-state index in [1.807, 2.05) is 20.8 Å². The van der Waals surface area contributed by atoms with Gasteiger partial charge in [0.15, 0.2) is 11.6 Å². The van der Waals surface area contributed by atoms with Crippen molar-refractivity contribution in [2.45, 2.75) is 76.1 Å². The van der Waals surface area contributed by atoms with Crippen molar-refractivity contribution in [3.05, 3.63) is 64.7 Å². The maximum Gasteiger partial charge on any atom is 0.238 e. The van der Waals surface area contributed by atoms with Crippen molar-refractivity contribution in [3.8, 4) is 0 Å². The Bertz CT molecular complexity index is 1250. The number of alkyl halides is 1. The largest absolute Gasteiger partial charge is 0.390 e. The lowest BCUT2D eigenvalue weighted by Gasteiger charge is -2.42. The molecule has 39 heavy (non-hydrogen) atoms. The molecule has 0 radical (unpaired) electrons. The second-order valence-electron chi connectivity index (χ2n) is 12.4. The first-order valence-electron chi connectivity index (χ1n) is 13.0. The minimum atomic E-state index is -1.50. The van der Waals surface area contributed by atoms with E-state index >= 15 is 0 Å². The molecule has 2 amide bonds. The van der Waals surface area contributed by atoms with Gasteiger partial charge in [-0.2, -0.15) is 0 Å². The highest BCUT2D eigenvalue weighted by Gasteiger charge is 2.66. The molecule has 0 bridgehead atoms. The van der Waals surface area contributed by atoms with Crippen molar-refractivity contribution in [2.24, 2.45) is 11.3 Å². The zero-order valence-electron chi connectivity index (χ0n) is 22.5. The molecule has 1 aliphatic carbocycles. The normalized spacial score (nSPS) is 32.3. The molecule has 0 unspecified atom stereocenters. The predicted octanol–water partition coefficient (Wildman–Crippen LogP) is 4.78. The van der Waals surface area contributed by atoms with E-state index in [1.54, 1.807) is 13.0 Å². The van der Waals surface area contributed by atoms with Crippen LogP contribution in [0.4, 0.5) is 18.9 Å². The third kappa shape index (κ3) is 5.54. The number of amides is 2. The molecule has 1 aromatic carbocycles. The second kappa shape index (κ2) is 10.4. The Labute approximate surface area is 231 Å². The molecule has 4 atom stereocenters. The Morgan fingerprint density at radius 3 is 2.51 bits per heavy atom. The first-order valence-corrected chi connectivity index (χ1v) is 13.3. The summed E-state index contributed by atoms with van der Waals surface area (Å²) in [6.45, 7) is 10.9. The van der Waals surface area contributed by atoms with E-state index < -0.39 is 59.1 Å². The van der Waals surface area contributed by atoms with E-state index in [1.165, 1.54) is 12.2 Å². The monoisotopic (exact) mass is 565 g/mol. The standard InChI is InChI=1S/C29H35ClF3N3O3/c1-15(7-6-8-16(30)14-31)23-24(25(37)34-17-11-28(5,39)12-17)36-22(13-27(2,3)4)29(23)18-9-19(32)20(33)10-21(18)35-26(29)38/h6-10,17,22-24,36,39H,1,11-14H2,2-5H3,(H,34,37)(H,35,38)/b7-6-,16-8+/t17-,22-,23+,24-,28+,29+/m1/s1. The zero-order valence-corrected chi connectivity index (χ0v) is 23.3. The molecule has 2 aliphatic heterocycles. The molecule has 4 N–H and O–H groups in total. The van der Waals surface area contributed by atoms with E-state index in [-0.39, 0.29) is 27.7 Å². The van der Waals surface area contributed by atoms with E-state index in [4.69, 9.17) is 11.6 Å². The van der Waals surface area contributed by atoms with Crippen molar-refractivity contribution < 1.29 is 27.9 Å². The smallest absolute Gasteiger partial charge is 0.238 e. The molecule has 1 spiro atoms. The fraction of sp³-hybridized carbons (Fsp3) is 0.517. The van der Waals surface area contributed by atoms with Gasteiger partial charge in [-0.1, -0.05) is 51.1 Å². The van der Waals surface area contributed by atoms with Crippen molar-refractivity contribution in [1.29, 1.82) is 0 Å². The summed E-state index contributed by atoms with van der Waals surface area (Å²) in [5, 5.41) is 19.1. The van der Waals surface area contributed by atoms with Crippen LogP contribution in [0.15, 0.2) is 47.5 Å². The van der Waals surface area contributed by atoms with Crippen molar-refractivity contribution in [3.63, 3.8) is 0 Å². The summed E-state index contributed by atoms with van der Waals surface area (Å²) >= 11 is 5.80. The predicted molar refractivity (Wildman–Crippen MR) is 145 cm³/mol. The van der Waals surface area contributed by atoms with Crippen LogP contribution in [-0.2, 0) is 15.0 Å². The van der Waals surface area contributed by atoms with Crippen LogP contribution >= 0.6 is 11.6 Å². The van der Waals surface area contributed by atoms with Crippen molar-refractivity contribution >= 4 is 29.1 Å². The summed E-state index contributed by atoms with van der Waals surface area (Å²) in [6.07, 6.45) is 5.55. The highest BCUT2D eigenvalue weighted by molar-refractivity contribution is 6.29. The number of halogens is 4. The average molecular weight is 566 g/mol. The van der Waals surface area contributed by atoms with Gasteiger partial charge in [-0.05, 0) is 54.9 Å². The van der Waals surface area contributed by atoms with E-state index in [9.17, 15) is 27.9 Å². The van der Waals surface area contributed by atoms with Crippen LogP contribution in [0.1, 0.15) is 52.5 Å². The number of fused-ring (bicyclic) bond motifs is 2. The third-order valence-electron chi connectivity index (χ3n) is 7.82. The Kier molecular flexibility index (Phi) is 7.84. The summed E-state index contributed by atoms with van der Waals surface area (Å²) in [5.41, 5.74) is -1.95. The van der Waals surface area contributed by atoms with Gasteiger partial charge in [0.2, 0.25) is 11.8 Å². The van der Waals surface area contributed by atoms with Gasteiger partial charge in [0.25, 0.3) is 0 Å². The summed E-state index contributed by atoms with van der Waals surface area (Å²) in [7, 11) is 0. The molecule has 2 fully saturated rings. The molecule has 6 nitrogen and oxygen atoms in total. The fourth-order valence-electron chi connectivity index (χ4n) is 6.30. The lowest BCUT2D eigenvalue weighted by atomic mass is 9.62. The highest BCUT2D eigenvalue weighted by atomic mass is 35.5. The summed E-state index contributed by atoms with van der Waals surface area (Å²) in [4.78, 5) is 27.7. The van der Waals surface area contributed by atoms with Gasteiger partial charge < -0.3 is 21.1 Å². The number of allylic oxidation sites excluding steroid dienone is 4. The molecule has 1 saturated carbocycles. The molecular weight excluding hydrogens is 531 g/mol. The molecule has 10 heteroatoms. The number of aliphatic hydroxyl groups is 1. The number of benzene rings is 1. The highest BCUT2D eigenvalue weighted by Crippen LogP contribution is 2.55. The van der Waals surface area contributed by atoms with Gasteiger partial charge >= 0.3 is 0 Å². The van der Waals surface area contributed by atoms with E-state index in [0.717, 1.165) is 12.1 Å². The van der Waals surface area contributed by atoms with Crippen molar-refractivity contribution in [1.82, 2.24) is 10.6 Å². The first kappa shape index (κ1) is 29.4. The number of hydrogen-bond donors (Lipinski definition) is 4. The van der Waals surface area contributed by atoms with Gasteiger partial charge in [-0.3, -0.25) is 9.59 Å². The van der Waals surface area contributed by atoms with Crippen LogP contribution in [0.5, 0.6) is 0 Å². The second-order valence-corrected chi connectivity index (χ2v) is 12.9. The van der Waals surface area contributed by atoms with Crippen LogP contribution < -0.4 is 16.0 Å². The number of anilines is 1. The number of carbonyl (C=O) groups is 2. The summed E-state index contributed by atoms with van der Waals surface area (Å²) in [5.74, 6) is -4.02. The summed E-state index contributed by atoms with van der Waals surface area (Å²) in [6, 6.07) is 0.107. The van der Waals surface area contributed by atoms with E-state index in [2.05, 4.69) is 22.5 Å². The van der Waals surface area contributed by atoms with Gasteiger partial charge in [0.05, 0.1) is 11.6 Å². The lowest BCUT2D eigenvalue weighted by Crippen LogP contribution is -2.57. The van der Waals surface area contributed by atoms with E-state index in [0.29, 0.717) is 24.8 Å². The van der Waals surface area contributed by atoms with Gasteiger partial charge in [-0.25, -0.2) is 13.2 Å². The SMILES string of the molecule is C=C(/C=C\C=C(\Cl)CF)[C@H]1[C@H](C(=O)N[C@H]2C[C@@](C)(O)C2)N[C@H](CC(C)(C)C)[C@]12C(=O)Nc1cc(F)c(F)cc12. The topological polar surface area (TPSA) is 90.5 Å². The Balaban J connectivity index is 1.85. The third-order valence-corrected chi connectivity index (χ3v) is 8.04. The van der Waals surface area contributed by atoms with Gasteiger partial charge in [-0.15, -0.1) is 0 Å². The molecule has 1 aromatic rings. The molecule has 3 aliphatic rings. The van der Waals surface area contributed by atoms with Crippen molar-refractivity contribution in [2.75, 3.05) is 12.0 Å². The number of hydrogen-bond acceptors (Lipinski definition) is 4. The van der Waals surface area contributed by atoms with Crippen LogP contribution in [0.2, 0.25) is 0 Å². The molecule has 0 aromatic heterocycles. The maximum absolute atomic E-state index is 14.7. The Morgan fingerprint density at radius 1 is 1.28 bits per heavy atom. The number of carbonyl (C=O) groups excluding carboxylic acids is 2. The molecule has 212 valence electrons. The quantitative estimate of drug-likeness (QED) is 0.358. The Morgan fingerprint density at radius 2 is 1.92 bits per heavy atom. The Hall–Kier alpha value is -2.62. The van der Waals surface area contributed by atoms with Crippen LogP contribution in [0, 0.1) is 23.0 Å². The van der Waals surface area contributed by atoms with Gasteiger partial charge in [0.1, 0.15) is 12.1 Å². The summed E-state index contributed by atoms with van der Waals surface area (Å²) < 4.78 is 41.8. The first-order chi connectivity index (χ1) is 18.1. The molecule has 1 saturated heterocycles. The van der Waals surface area contributed by atoms with Gasteiger partial charge in [0, 0.05) is 34.8 Å².